The van der Waals surface area contributed by atoms with Crippen molar-refractivity contribution in [3.63, 3.8) is 0 Å². The van der Waals surface area contributed by atoms with E-state index in [4.69, 9.17) is 0 Å². The average Bonchev–Trinajstić information content (AvgIpc) is 2.77. The van der Waals surface area contributed by atoms with Crippen LogP contribution in [0.1, 0.15) is 24.1 Å². The standard InChI is InChI=1S/C22H33N7/c1-5-18-7-9-19(10-8-18)20(27(3)4)17-26-21(23-2)28-13-15-29(16-14-28)22-24-11-6-12-25-22/h6-12,20H,5,13-17H2,1-4H3,(H,23,26). The molecule has 1 aromatic carbocycles. The van der Waals surface area contributed by atoms with Gasteiger partial charge in [0.1, 0.15) is 0 Å². The number of aliphatic imine (C=N–C) groups is 1. The van der Waals surface area contributed by atoms with Gasteiger partial charge in [-0.15, -0.1) is 0 Å². The van der Waals surface area contributed by atoms with Gasteiger partial charge in [0.05, 0.1) is 6.04 Å². The van der Waals surface area contributed by atoms with Crippen LogP contribution in [0, 0.1) is 0 Å². The van der Waals surface area contributed by atoms with Crippen molar-refractivity contribution in [2.45, 2.75) is 19.4 Å². The van der Waals surface area contributed by atoms with E-state index in [1.165, 1.54) is 11.1 Å². The minimum Gasteiger partial charge on any atom is -0.354 e. The molecule has 0 bridgehead atoms. The highest BCUT2D eigenvalue weighted by atomic mass is 15.4. The van der Waals surface area contributed by atoms with Gasteiger partial charge in [-0.3, -0.25) is 4.99 Å². The number of rotatable bonds is 6. The lowest BCUT2D eigenvalue weighted by atomic mass is 10.0. The number of hydrogen-bond donors (Lipinski definition) is 1. The second-order valence-electron chi connectivity index (χ2n) is 7.53. The quantitative estimate of drug-likeness (QED) is 0.597. The summed E-state index contributed by atoms with van der Waals surface area (Å²) in [5, 5.41) is 3.59. The molecule has 7 heteroatoms. The first-order valence-corrected chi connectivity index (χ1v) is 10.3. The predicted molar refractivity (Wildman–Crippen MR) is 119 cm³/mol. The summed E-state index contributed by atoms with van der Waals surface area (Å²) in [6.45, 7) is 6.58. The Morgan fingerprint density at radius 1 is 1.10 bits per heavy atom. The smallest absolute Gasteiger partial charge is 0.225 e. The molecule has 7 nitrogen and oxygen atoms in total. The monoisotopic (exact) mass is 395 g/mol. The van der Waals surface area contributed by atoms with Crippen molar-refractivity contribution >= 4 is 11.9 Å². The Labute approximate surface area is 174 Å². The first-order valence-electron chi connectivity index (χ1n) is 10.3. The molecule has 1 aromatic heterocycles. The zero-order valence-corrected chi connectivity index (χ0v) is 18.0. The second kappa shape index (κ2) is 10.2. The number of nitrogens with zero attached hydrogens (tertiary/aromatic N) is 6. The molecule has 3 rings (SSSR count). The maximum atomic E-state index is 4.53. The summed E-state index contributed by atoms with van der Waals surface area (Å²) in [5.74, 6) is 1.76. The zero-order chi connectivity index (χ0) is 20.6. The Balaban J connectivity index is 1.57. The van der Waals surface area contributed by atoms with Gasteiger partial charge in [0.15, 0.2) is 5.96 Å². The predicted octanol–water partition coefficient (Wildman–Crippen LogP) is 2.04. The van der Waals surface area contributed by atoms with E-state index < -0.39 is 0 Å². The number of anilines is 1. The first kappa shape index (κ1) is 21.0. The highest BCUT2D eigenvalue weighted by Crippen LogP contribution is 2.18. The van der Waals surface area contributed by atoms with E-state index in [0.717, 1.165) is 51.1 Å². The maximum absolute atomic E-state index is 4.53. The summed E-state index contributed by atoms with van der Waals surface area (Å²) in [4.78, 5) is 20.0. The molecule has 0 amide bonds. The third-order valence-corrected chi connectivity index (χ3v) is 5.48. The van der Waals surface area contributed by atoms with Crippen LogP contribution >= 0.6 is 0 Å². The lowest BCUT2D eigenvalue weighted by Gasteiger charge is -2.37. The molecule has 0 aliphatic carbocycles. The van der Waals surface area contributed by atoms with Gasteiger partial charge in [0.25, 0.3) is 0 Å². The van der Waals surface area contributed by atoms with Crippen LogP contribution in [0.15, 0.2) is 47.7 Å². The fourth-order valence-corrected chi connectivity index (χ4v) is 3.67. The number of piperazine rings is 1. The molecule has 1 aliphatic heterocycles. The number of hydrogen-bond acceptors (Lipinski definition) is 5. The summed E-state index contributed by atoms with van der Waals surface area (Å²) in [7, 11) is 6.11. The van der Waals surface area contributed by atoms with Crippen LogP contribution < -0.4 is 10.2 Å². The summed E-state index contributed by atoms with van der Waals surface area (Å²) < 4.78 is 0. The number of likely N-dealkylation sites (N-methyl/N-ethyl adjacent to an activating group) is 1. The molecular weight excluding hydrogens is 362 g/mol. The average molecular weight is 396 g/mol. The number of aromatic nitrogens is 2. The Morgan fingerprint density at radius 3 is 2.31 bits per heavy atom. The Bertz CT molecular complexity index is 766. The van der Waals surface area contributed by atoms with Gasteiger partial charge in [-0.1, -0.05) is 31.2 Å². The molecule has 0 saturated carbocycles. The highest BCUT2D eigenvalue weighted by molar-refractivity contribution is 5.80. The largest absolute Gasteiger partial charge is 0.354 e. The molecule has 1 aliphatic rings. The molecule has 29 heavy (non-hydrogen) atoms. The lowest BCUT2D eigenvalue weighted by molar-refractivity contribution is 0.292. The first-order chi connectivity index (χ1) is 14.1. The van der Waals surface area contributed by atoms with Gasteiger partial charge in [-0.05, 0) is 37.7 Å². The van der Waals surface area contributed by atoms with E-state index in [-0.39, 0.29) is 6.04 Å². The van der Waals surface area contributed by atoms with Crippen LogP contribution in [0.25, 0.3) is 0 Å². The molecular formula is C22H33N7. The molecule has 1 unspecified atom stereocenters. The Hall–Kier alpha value is -2.67. The summed E-state index contributed by atoms with van der Waals surface area (Å²) in [6, 6.07) is 11.1. The second-order valence-corrected chi connectivity index (χ2v) is 7.53. The maximum Gasteiger partial charge on any atom is 0.225 e. The van der Waals surface area contributed by atoms with Crippen LogP contribution in [-0.4, -0.2) is 79.6 Å². The third-order valence-electron chi connectivity index (χ3n) is 5.48. The fourth-order valence-electron chi connectivity index (χ4n) is 3.67. The molecule has 0 spiro atoms. The zero-order valence-electron chi connectivity index (χ0n) is 18.0. The van der Waals surface area contributed by atoms with Crippen molar-refractivity contribution in [1.29, 1.82) is 0 Å². The number of guanidine groups is 1. The van der Waals surface area contributed by atoms with E-state index in [1.54, 1.807) is 12.4 Å². The SMILES string of the molecule is CCc1ccc(C(CNC(=NC)N2CCN(c3ncccn3)CC2)N(C)C)cc1. The molecule has 2 heterocycles. The van der Waals surface area contributed by atoms with Gasteiger partial charge in [0, 0.05) is 52.2 Å². The van der Waals surface area contributed by atoms with Crippen molar-refractivity contribution in [3.8, 4) is 0 Å². The van der Waals surface area contributed by atoms with Crippen molar-refractivity contribution in [2.24, 2.45) is 4.99 Å². The van der Waals surface area contributed by atoms with Gasteiger partial charge < -0.3 is 20.0 Å². The van der Waals surface area contributed by atoms with Crippen LogP contribution in [0.5, 0.6) is 0 Å². The Kier molecular flexibility index (Phi) is 7.41. The minimum atomic E-state index is 0.289. The molecule has 1 N–H and O–H groups in total. The molecule has 156 valence electrons. The summed E-state index contributed by atoms with van der Waals surface area (Å²) >= 11 is 0. The fraction of sp³-hybridized carbons (Fsp3) is 0.500. The van der Waals surface area contributed by atoms with Crippen LogP contribution in [0.4, 0.5) is 5.95 Å². The molecule has 0 radical (unpaired) electrons. The number of benzene rings is 1. The van der Waals surface area contributed by atoms with Crippen LogP contribution in [0.3, 0.4) is 0 Å². The van der Waals surface area contributed by atoms with Crippen molar-refractivity contribution in [3.05, 3.63) is 53.9 Å². The summed E-state index contributed by atoms with van der Waals surface area (Å²) in [6.07, 6.45) is 4.66. The van der Waals surface area contributed by atoms with Gasteiger partial charge in [-0.2, -0.15) is 0 Å². The van der Waals surface area contributed by atoms with E-state index in [1.807, 2.05) is 13.1 Å². The molecule has 1 fully saturated rings. The number of nitrogens with one attached hydrogen (secondary N) is 1. The van der Waals surface area contributed by atoms with E-state index in [0.29, 0.717) is 0 Å². The van der Waals surface area contributed by atoms with Crippen molar-refractivity contribution < 1.29 is 0 Å². The summed E-state index contributed by atoms with van der Waals surface area (Å²) in [5.41, 5.74) is 2.69. The van der Waals surface area contributed by atoms with E-state index in [9.17, 15) is 0 Å². The molecule has 2 aromatic rings. The van der Waals surface area contributed by atoms with Gasteiger partial charge >= 0.3 is 0 Å². The van der Waals surface area contributed by atoms with Crippen molar-refractivity contribution in [1.82, 2.24) is 25.1 Å². The van der Waals surface area contributed by atoms with Crippen LogP contribution in [0.2, 0.25) is 0 Å². The number of aryl methyl sites for hydroxylation is 1. The lowest BCUT2D eigenvalue weighted by Crippen LogP contribution is -2.53. The molecule has 1 atom stereocenters. The third kappa shape index (κ3) is 5.44. The minimum absolute atomic E-state index is 0.289. The van der Waals surface area contributed by atoms with Crippen molar-refractivity contribution in [2.75, 3.05) is 58.8 Å². The Morgan fingerprint density at radius 2 is 1.76 bits per heavy atom. The van der Waals surface area contributed by atoms with E-state index in [2.05, 4.69) is 80.3 Å². The van der Waals surface area contributed by atoms with Gasteiger partial charge in [0.2, 0.25) is 5.95 Å². The van der Waals surface area contributed by atoms with E-state index >= 15 is 0 Å². The topological polar surface area (TPSA) is 59.9 Å². The molecule has 1 saturated heterocycles. The van der Waals surface area contributed by atoms with Crippen LogP contribution in [-0.2, 0) is 6.42 Å². The van der Waals surface area contributed by atoms with Gasteiger partial charge in [-0.25, -0.2) is 9.97 Å². The highest BCUT2D eigenvalue weighted by Gasteiger charge is 2.22. The normalized spacial score (nSPS) is 16.2.